The second-order valence-corrected chi connectivity index (χ2v) is 6.80. The number of aromatic nitrogens is 2. The molecule has 0 bridgehead atoms. The Morgan fingerprint density at radius 3 is 2.96 bits per heavy atom. The first-order valence-corrected chi connectivity index (χ1v) is 8.78. The molecule has 1 aromatic carbocycles. The Kier molecular flexibility index (Phi) is 4.14. The van der Waals surface area contributed by atoms with Gasteiger partial charge in [-0.15, -0.1) is 0 Å². The SMILES string of the molecule is Cc1ccc2nc(N3CCC[C@@H](C(=O)N4CCOCC4)C3)[nH]c2c1. The van der Waals surface area contributed by atoms with Gasteiger partial charge in [0, 0.05) is 26.2 Å². The summed E-state index contributed by atoms with van der Waals surface area (Å²) in [7, 11) is 0. The van der Waals surface area contributed by atoms with Gasteiger partial charge in [-0.2, -0.15) is 0 Å². The number of amides is 1. The Labute approximate surface area is 141 Å². The van der Waals surface area contributed by atoms with E-state index in [9.17, 15) is 4.79 Å². The first-order valence-electron chi connectivity index (χ1n) is 8.78. The average molecular weight is 328 g/mol. The van der Waals surface area contributed by atoms with E-state index in [1.54, 1.807) is 0 Å². The number of ether oxygens (including phenoxy) is 1. The summed E-state index contributed by atoms with van der Waals surface area (Å²) in [6, 6.07) is 6.24. The molecule has 2 fully saturated rings. The fourth-order valence-corrected chi connectivity index (χ4v) is 3.67. The van der Waals surface area contributed by atoms with Crippen molar-refractivity contribution in [1.29, 1.82) is 0 Å². The Bertz CT molecular complexity index is 736. The van der Waals surface area contributed by atoms with E-state index in [1.165, 1.54) is 5.56 Å². The van der Waals surface area contributed by atoms with Crippen molar-refractivity contribution in [1.82, 2.24) is 14.9 Å². The number of hydrogen-bond donors (Lipinski definition) is 1. The molecule has 2 aliphatic heterocycles. The molecule has 3 heterocycles. The zero-order valence-corrected chi connectivity index (χ0v) is 14.1. The molecule has 4 rings (SSSR count). The van der Waals surface area contributed by atoms with E-state index in [1.807, 2.05) is 11.0 Å². The minimum atomic E-state index is 0.0619. The van der Waals surface area contributed by atoms with Crippen LogP contribution in [0, 0.1) is 12.8 Å². The number of fused-ring (bicyclic) bond motifs is 1. The highest BCUT2D eigenvalue weighted by Gasteiger charge is 2.31. The molecule has 2 aliphatic rings. The molecule has 6 heteroatoms. The van der Waals surface area contributed by atoms with E-state index < -0.39 is 0 Å². The lowest BCUT2D eigenvalue weighted by Gasteiger charge is -2.36. The number of hydrogen-bond acceptors (Lipinski definition) is 4. The molecule has 0 radical (unpaired) electrons. The molecule has 1 aromatic heterocycles. The minimum Gasteiger partial charge on any atom is -0.378 e. The normalized spacial score (nSPS) is 22.1. The van der Waals surface area contributed by atoms with Crippen LogP contribution in [0.25, 0.3) is 11.0 Å². The molecule has 2 saturated heterocycles. The van der Waals surface area contributed by atoms with Gasteiger partial charge in [-0.25, -0.2) is 4.98 Å². The molecule has 6 nitrogen and oxygen atoms in total. The van der Waals surface area contributed by atoms with E-state index >= 15 is 0 Å². The summed E-state index contributed by atoms with van der Waals surface area (Å²) in [5.41, 5.74) is 3.26. The molecule has 24 heavy (non-hydrogen) atoms. The number of aryl methyl sites for hydroxylation is 1. The lowest BCUT2D eigenvalue weighted by molar-refractivity contribution is -0.139. The van der Waals surface area contributed by atoms with Gasteiger partial charge >= 0.3 is 0 Å². The highest BCUT2D eigenvalue weighted by molar-refractivity contribution is 5.81. The molecule has 1 atom stereocenters. The van der Waals surface area contributed by atoms with Crippen LogP contribution in [-0.4, -0.2) is 60.2 Å². The molecule has 0 saturated carbocycles. The number of nitrogens with one attached hydrogen (secondary N) is 1. The number of imidazole rings is 1. The van der Waals surface area contributed by atoms with Crippen LogP contribution in [0.4, 0.5) is 5.95 Å². The van der Waals surface area contributed by atoms with Crippen molar-refractivity contribution in [2.24, 2.45) is 5.92 Å². The van der Waals surface area contributed by atoms with Crippen molar-refractivity contribution in [2.75, 3.05) is 44.3 Å². The van der Waals surface area contributed by atoms with Crippen molar-refractivity contribution >= 4 is 22.9 Å². The van der Waals surface area contributed by atoms with Gasteiger partial charge in [0.1, 0.15) is 0 Å². The summed E-state index contributed by atoms with van der Waals surface area (Å²) in [5.74, 6) is 1.22. The molecular weight excluding hydrogens is 304 g/mol. The summed E-state index contributed by atoms with van der Waals surface area (Å²) in [6.45, 7) is 6.53. The molecule has 1 amide bonds. The maximum Gasteiger partial charge on any atom is 0.227 e. The lowest BCUT2D eigenvalue weighted by atomic mass is 9.96. The third-order valence-corrected chi connectivity index (χ3v) is 5.02. The second-order valence-electron chi connectivity index (χ2n) is 6.80. The van der Waals surface area contributed by atoms with Crippen LogP contribution in [0.2, 0.25) is 0 Å². The second kappa shape index (κ2) is 6.43. The number of anilines is 1. The lowest BCUT2D eigenvalue weighted by Crippen LogP contribution is -2.48. The first kappa shape index (κ1) is 15.4. The van der Waals surface area contributed by atoms with Crippen molar-refractivity contribution in [3.63, 3.8) is 0 Å². The van der Waals surface area contributed by atoms with E-state index in [0.717, 1.165) is 56.0 Å². The summed E-state index contributed by atoms with van der Waals surface area (Å²) in [5, 5.41) is 0. The summed E-state index contributed by atoms with van der Waals surface area (Å²) < 4.78 is 5.35. The standard InChI is InChI=1S/C18H24N4O2/c1-13-4-5-15-16(11-13)20-18(19-15)22-6-2-3-14(12-22)17(23)21-7-9-24-10-8-21/h4-5,11,14H,2-3,6-10,12H2,1H3,(H,19,20)/t14-/m1/s1. The number of rotatable bonds is 2. The maximum atomic E-state index is 12.8. The van der Waals surface area contributed by atoms with Gasteiger partial charge in [0.25, 0.3) is 0 Å². The largest absolute Gasteiger partial charge is 0.378 e. The third kappa shape index (κ3) is 2.98. The zero-order valence-electron chi connectivity index (χ0n) is 14.1. The highest BCUT2D eigenvalue weighted by Crippen LogP contribution is 2.25. The Morgan fingerprint density at radius 2 is 2.12 bits per heavy atom. The molecule has 0 aliphatic carbocycles. The Hall–Kier alpha value is -2.08. The van der Waals surface area contributed by atoms with Crippen molar-refractivity contribution in [3.05, 3.63) is 23.8 Å². The van der Waals surface area contributed by atoms with Crippen LogP contribution in [0.15, 0.2) is 18.2 Å². The van der Waals surface area contributed by atoms with Gasteiger partial charge < -0.3 is 19.5 Å². The fourth-order valence-electron chi connectivity index (χ4n) is 3.67. The van der Waals surface area contributed by atoms with Crippen molar-refractivity contribution in [3.8, 4) is 0 Å². The number of H-pyrrole nitrogens is 1. The molecule has 0 spiro atoms. The third-order valence-electron chi connectivity index (χ3n) is 5.02. The van der Waals surface area contributed by atoms with Gasteiger partial charge in [-0.05, 0) is 37.5 Å². The van der Waals surface area contributed by atoms with Gasteiger partial charge in [-0.3, -0.25) is 4.79 Å². The molecular formula is C18H24N4O2. The van der Waals surface area contributed by atoms with Crippen molar-refractivity contribution in [2.45, 2.75) is 19.8 Å². The van der Waals surface area contributed by atoms with Gasteiger partial charge in [0.05, 0.1) is 30.2 Å². The maximum absolute atomic E-state index is 12.8. The topological polar surface area (TPSA) is 61.5 Å². The molecule has 1 N–H and O–H groups in total. The number of piperidine rings is 1. The van der Waals surface area contributed by atoms with Crippen LogP contribution in [-0.2, 0) is 9.53 Å². The quantitative estimate of drug-likeness (QED) is 0.915. The van der Waals surface area contributed by atoms with E-state index in [-0.39, 0.29) is 11.8 Å². The van der Waals surface area contributed by atoms with Gasteiger partial charge in [0.15, 0.2) is 0 Å². The monoisotopic (exact) mass is 328 g/mol. The van der Waals surface area contributed by atoms with Gasteiger partial charge in [0.2, 0.25) is 11.9 Å². The number of nitrogens with zero attached hydrogens (tertiary/aromatic N) is 3. The zero-order chi connectivity index (χ0) is 16.5. The van der Waals surface area contributed by atoms with Crippen LogP contribution in [0.3, 0.4) is 0 Å². The number of carbonyl (C=O) groups excluding carboxylic acids is 1. The Morgan fingerprint density at radius 1 is 1.29 bits per heavy atom. The molecule has 0 unspecified atom stereocenters. The Balaban J connectivity index is 1.50. The minimum absolute atomic E-state index is 0.0619. The van der Waals surface area contributed by atoms with E-state index in [0.29, 0.717) is 13.2 Å². The van der Waals surface area contributed by atoms with Crippen LogP contribution in [0.1, 0.15) is 18.4 Å². The number of carbonyl (C=O) groups is 1. The summed E-state index contributed by atoms with van der Waals surface area (Å²) in [6.07, 6.45) is 1.99. The van der Waals surface area contributed by atoms with E-state index in [2.05, 4.69) is 28.9 Å². The average Bonchev–Trinajstić information content (AvgIpc) is 3.05. The predicted molar refractivity (Wildman–Crippen MR) is 93.2 cm³/mol. The molecule has 2 aromatic rings. The smallest absolute Gasteiger partial charge is 0.227 e. The van der Waals surface area contributed by atoms with Crippen LogP contribution in [0.5, 0.6) is 0 Å². The van der Waals surface area contributed by atoms with E-state index in [4.69, 9.17) is 9.72 Å². The fraction of sp³-hybridized carbons (Fsp3) is 0.556. The molecule has 128 valence electrons. The summed E-state index contributed by atoms with van der Waals surface area (Å²) in [4.78, 5) is 25.1. The first-order chi connectivity index (χ1) is 11.7. The van der Waals surface area contributed by atoms with Gasteiger partial charge in [-0.1, -0.05) is 6.07 Å². The summed E-state index contributed by atoms with van der Waals surface area (Å²) >= 11 is 0. The highest BCUT2D eigenvalue weighted by atomic mass is 16.5. The van der Waals surface area contributed by atoms with Crippen molar-refractivity contribution < 1.29 is 9.53 Å². The number of morpholine rings is 1. The van der Waals surface area contributed by atoms with Crippen LogP contribution < -0.4 is 4.90 Å². The van der Waals surface area contributed by atoms with Crippen LogP contribution >= 0.6 is 0 Å². The number of aromatic amines is 1. The predicted octanol–water partition coefficient (Wildman–Crippen LogP) is 1.95. The number of benzene rings is 1.